The van der Waals surface area contributed by atoms with E-state index in [1.807, 2.05) is 0 Å². The van der Waals surface area contributed by atoms with Crippen molar-refractivity contribution in [3.63, 3.8) is 0 Å². The number of carbonyl (C=O) groups excluding carboxylic acids is 1. The van der Waals surface area contributed by atoms with Gasteiger partial charge in [-0.1, -0.05) is 18.6 Å². The monoisotopic (exact) mass is 337 g/mol. The molecule has 0 aliphatic carbocycles. The number of hydrogen-bond acceptors (Lipinski definition) is 4. The molecule has 25 heavy (non-hydrogen) atoms. The minimum absolute atomic E-state index is 0.184. The average molecular weight is 337 g/mol. The second kappa shape index (κ2) is 6.93. The van der Waals surface area contributed by atoms with Gasteiger partial charge in [0.25, 0.3) is 5.91 Å². The fourth-order valence-corrected chi connectivity index (χ4v) is 3.06. The molecular weight excluding hydrogens is 314 g/mol. The molecule has 0 fully saturated rings. The van der Waals surface area contributed by atoms with E-state index in [4.69, 9.17) is 0 Å². The lowest BCUT2D eigenvalue weighted by Gasteiger charge is -2.08. The molecule has 0 bridgehead atoms. The minimum Gasteiger partial charge on any atom is -0.358 e. The Bertz CT molecular complexity index is 912. The van der Waals surface area contributed by atoms with Gasteiger partial charge < -0.3 is 15.6 Å². The molecule has 6 nitrogen and oxygen atoms in total. The number of benzene rings is 1. The van der Waals surface area contributed by atoms with Crippen LogP contribution >= 0.6 is 0 Å². The molecule has 0 aliphatic heterocycles. The smallest absolute Gasteiger partial charge is 0.254 e. The Morgan fingerprint density at radius 3 is 2.56 bits per heavy atom. The van der Waals surface area contributed by atoms with Crippen molar-refractivity contribution in [2.24, 2.45) is 0 Å². The number of aromatic amines is 1. The van der Waals surface area contributed by atoms with Crippen LogP contribution in [0.3, 0.4) is 0 Å². The summed E-state index contributed by atoms with van der Waals surface area (Å²) in [7, 11) is 1.74. The number of carbonyl (C=O) groups is 1. The fourth-order valence-electron chi connectivity index (χ4n) is 3.06. The van der Waals surface area contributed by atoms with Crippen LogP contribution in [-0.4, -0.2) is 27.9 Å². The Balaban J connectivity index is 1.83. The summed E-state index contributed by atoms with van der Waals surface area (Å²) in [4.78, 5) is 24.0. The van der Waals surface area contributed by atoms with Crippen LogP contribution in [0.2, 0.25) is 0 Å². The van der Waals surface area contributed by atoms with E-state index < -0.39 is 0 Å². The molecule has 3 N–H and O–H groups in total. The summed E-state index contributed by atoms with van der Waals surface area (Å²) in [6.45, 7) is 6.81. The van der Waals surface area contributed by atoms with Gasteiger partial charge >= 0.3 is 0 Å². The lowest BCUT2D eigenvalue weighted by atomic mass is 10.0. The van der Waals surface area contributed by atoms with Gasteiger partial charge in [-0.15, -0.1) is 0 Å². The summed E-state index contributed by atoms with van der Waals surface area (Å²) in [5, 5.41) is 7.02. The maximum atomic E-state index is 12.3. The largest absolute Gasteiger partial charge is 0.358 e. The van der Waals surface area contributed by atoms with E-state index >= 15 is 0 Å². The first-order chi connectivity index (χ1) is 12.0. The average Bonchev–Trinajstić information content (AvgIpc) is 2.95. The highest BCUT2D eigenvalue weighted by molar-refractivity contribution is 5.94. The zero-order chi connectivity index (χ0) is 18.0. The number of nitrogens with zero attached hydrogens (tertiary/aromatic N) is 2. The zero-order valence-electron chi connectivity index (χ0n) is 15.0. The maximum Gasteiger partial charge on any atom is 0.254 e. The molecule has 2 aromatic heterocycles. The molecule has 3 rings (SSSR count). The number of hydrogen-bond donors (Lipinski definition) is 3. The molecule has 0 saturated heterocycles. The number of aryl methyl sites for hydroxylation is 3. The third-order valence-corrected chi connectivity index (χ3v) is 4.43. The van der Waals surface area contributed by atoms with Gasteiger partial charge in [-0.25, -0.2) is 9.97 Å². The highest BCUT2D eigenvalue weighted by atomic mass is 16.1. The molecule has 0 unspecified atom stereocenters. The molecule has 0 radical (unpaired) electrons. The van der Waals surface area contributed by atoms with Crippen LogP contribution in [0.4, 0.5) is 5.95 Å². The van der Waals surface area contributed by atoms with E-state index in [0.717, 1.165) is 17.5 Å². The number of aromatic nitrogens is 3. The summed E-state index contributed by atoms with van der Waals surface area (Å²) in [6.07, 6.45) is 4.00. The molecule has 1 amide bonds. The van der Waals surface area contributed by atoms with E-state index in [-0.39, 0.29) is 5.91 Å². The summed E-state index contributed by atoms with van der Waals surface area (Å²) in [5.41, 5.74) is 6.33. The number of nitrogens with one attached hydrogen (secondary N) is 3. The Labute approximate surface area is 147 Å². The Morgan fingerprint density at radius 1 is 1.20 bits per heavy atom. The van der Waals surface area contributed by atoms with Gasteiger partial charge in [0.15, 0.2) is 0 Å². The maximum absolute atomic E-state index is 12.3. The predicted octanol–water partition coefficient (Wildman–Crippen LogP) is 3.11. The van der Waals surface area contributed by atoms with Crippen LogP contribution in [-0.2, 0) is 13.0 Å². The number of H-pyrrole nitrogens is 1. The van der Waals surface area contributed by atoms with Crippen molar-refractivity contribution < 1.29 is 4.79 Å². The van der Waals surface area contributed by atoms with E-state index in [0.29, 0.717) is 18.1 Å². The highest BCUT2D eigenvalue weighted by Crippen LogP contribution is 2.26. The van der Waals surface area contributed by atoms with E-state index in [9.17, 15) is 4.79 Å². The number of rotatable bonds is 5. The third kappa shape index (κ3) is 3.33. The normalized spacial score (nSPS) is 10.9. The number of amides is 1. The molecule has 0 saturated carbocycles. The first-order valence-corrected chi connectivity index (χ1v) is 8.42. The third-order valence-electron chi connectivity index (χ3n) is 4.43. The lowest BCUT2D eigenvalue weighted by Crippen LogP contribution is -2.23. The van der Waals surface area contributed by atoms with E-state index in [2.05, 4.69) is 58.5 Å². The topological polar surface area (TPSA) is 82.7 Å². The predicted molar refractivity (Wildman–Crippen MR) is 99.9 cm³/mol. The second-order valence-electron chi connectivity index (χ2n) is 6.16. The van der Waals surface area contributed by atoms with E-state index in [1.165, 1.54) is 34.6 Å². The SMILES string of the molecule is CCc1[nH]c2c(CNC(=O)c3cnc(NC)nc3)cc(C)cc2c1C. The minimum atomic E-state index is -0.184. The van der Waals surface area contributed by atoms with Crippen LogP contribution in [0.1, 0.15) is 39.7 Å². The summed E-state index contributed by atoms with van der Waals surface area (Å²) in [6, 6.07) is 4.30. The molecule has 0 aliphatic rings. The van der Waals surface area contributed by atoms with Gasteiger partial charge in [0.2, 0.25) is 5.95 Å². The first-order valence-electron chi connectivity index (χ1n) is 8.42. The summed E-state index contributed by atoms with van der Waals surface area (Å²) < 4.78 is 0. The lowest BCUT2D eigenvalue weighted by molar-refractivity contribution is 0.0950. The first kappa shape index (κ1) is 17.0. The van der Waals surface area contributed by atoms with Gasteiger partial charge in [0, 0.05) is 37.1 Å². The number of anilines is 1. The van der Waals surface area contributed by atoms with Crippen molar-refractivity contribution in [2.75, 3.05) is 12.4 Å². The standard InChI is InChI=1S/C19H23N5O/c1-5-16-12(3)15-7-11(2)6-13(17(15)24-16)8-21-18(25)14-9-22-19(20-4)23-10-14/h6-7,9-10,24H,5,8H2,1-4H3,(H,21,25)(H,20,22,23). The van der Waals surface area contributed by atoms with Crippen molar-refractivity contribution in [1.29, 1.82) is 0 Å². The molecule has 130 valence electrons. The Kier molecular flexibility index (Phi) is 4.70. The molecule has 0 spiro atoms. The fraction of sp³-hybridized carbons (Fsp3) is 0.316. The molecule has 3 aromatic rings. The van der Waals surface area contributed by atoms with Crippen LogP contribution in [0.5, 0.6) is 0 Å². The van der Waals surface area contributed by atoms with Crippen LogP contribution in [0, 0.1) is 13.8 Å². The Morgan fingerprint density at radius 2 is 1.92 bits per heavy atom. The van der Waals surface area contributed by atoms with E-state index in [1.54, 1.807) is 7.05 Å². The van der Waals surface area contributed by atoms with Gasteiger partial charge in [0.05, 0.1) is 11.1 Å². The molecule has 1 aromatic carbocycles. The van der Waals surface area contributed by atoms with Gasteiger partial charge in [-0.2, -0.15) is 0 Å². The molecule has 2 heterocycles. The quantitative estimate of drug-likeness (QED) is 0.668. The van der Waals surface area contributed by atoms with Crippen LogP contribution in [0.15, 0.2) is 24.5 Å². The van der Waals surface area contributed by atoms with Crippen molar-refractivity contribution >= 4 is 22.8 Å². The highest BCUT2D eigenvalue weighted by Gasteiger charge is 2.12. The van der Waals surface area contributed by atoms with Crippen molar-refractivity contribution in [3.8, 4) is 0 Å². The molecular formula is C19H23N5O. The van der Waals surface area contributed by atoms with Crippen molar-refractivity contribution in [2.45, 2.75) is 33.7 Å². The molecule has 6 heteroatoms. The van der Waals surface area contributed by atoms with Crippen LogP contribution in [0.25, 0.3) is 10.9 Å². The van der Waals surface area contributed by atoms with Gasteiger partial charge in [-0.3, -0.25) is 4.79 Å². The van der Waals surface area contributed by atoms with Crippen LogP contribution < -0.4 is 10.6 Å². The van der Waals surface area contributed by atoms with Crippen molar-refractivity contribution in [1.82, 2.24) is 20.3 Å². The Hall–Kier alpha value is -2.89. The molecule has 0 atom stereocenters. The summed E-state index contributed by atoms with van der Waals surface area (Å²) in [5.74, 6) is 0.308. The van der Waals surface area contributed by atoms with Gasteiger partial charge in [-0.05, 0) is 37.5 Å². The summed E-state index contributed by atoms with van der Waals surface area (Å²) >= 11 is 0. The zero-order valence-corrected chi connectivity index (χ0v) is 15.0. The second-order valence-corrected chi connectivity index (χ2v) is 6.16. The van der Waals surface area contributed by atoms with Gasteiger partial charge in [0.1, 0.15) is 0 Å². The number of fused-ring (bicyclic) bond motifs is 1. The van der Waals surface area contributed by atoms with Crippen molar-refractivity contribution in [3.05, 3.63) is 52.5 Å².